The highest BCUT2D eigenvalue weighted by Crippen LogP contribution is 2.42. The normalized spacial score (nSPS) is 18.5. The third-order valence-electron chi connectivity index (χ3n) is 4.77. The summed E-state index contributed by atoms with van der Waals surface area (Å²) in [6.45, 7) is 0.785. The fourth-order valence-electron chi connectivity index (χ4n) is 3.46. The average molecular weight is 381 g/mol. The molecule has 6 heteroatoms. The standard InChI is InChI=1S/C22H23NO5/c1-27-14-8-13-23-19(16-11-6-7-12-17(16)28-2)18(21(25)22(23)26)20(24)15-9-4-3-5-10-15/h3-7,9-12,19,24H,8,13-14H2,1-2H3/b20-18-. The summed E-state index contributed by atoms with van der Waals surface area (Å²) in [6, 6.07) is 15.2. The van der Waals surface area contributed by atoms with Gasteiger partial charge in [0, 0.05) is 31.4 Å². The molecule has 0 aliphatic carbocycles. The third kappa shape index (κ3) is 3.64. The van der Waals surface area contributed by atoms with Crippen LogP contribution in [0.3, 0.4) is 0 Å². The predicted molar refractivity (Wildman–Crippen MR) is 105 cm³/mol. The van der Waals surface area contributed by atoms with Gasteiger partial charge in [0.1, 0.15) is 11.5 Å². The second-order valence-corrected chi connectivity index (χ2v) is 6.45. The number of hydrogen-bond acceptors (Lipinski definition) is 5. The first-order valence-electron chi connectivity index (χ1n) is 9.05. The van der Waals surface area contributed by atoms with Crippen LogP contribution in [-0.2, 0) is 14.3 Å². The summed E-state index contributed by atoms with van der Waals surface area (Å²) in [7, 11) is 3.12. The molecule has 0 saturated carbocycles. The fourth-order valence-corrected chi connectivity index (χ4v) is 3.46. The molecule has 28 heavy (non-hydrogen) atoms. The molecular formula is C22H23NO5. The van der Waals surface area contributed by atoms with Crippen molar-refractivity contribution >= 4 is 17.4 Å². The average Bonchev–Trinajstić information content (AvgIpc) is 2.98. The van der Waals surface area contributed by atoms with Crippen LogP contribution in [0.5, 0.6) is 5.75 Å². The molecule has 1 N–H and O–H groups in total. The van der Waals surface area contributed by atoms with Crippen molar-refractivity contribution in [3.63, 3.8) is 0 Å². The van der Waals surface area contributed by atoms with Gasteiger partial charge >= 0.3 is 0 Å². The summed E-state index contributed by atoms with van der Waals surface area (Å²) in [5.41, 5.74) is 1.20. The summed E-state index contributed by atoms with van der Waals surface area (Å²) in [5, 5.41) is 10.9. The number of para-hydroxylation sites is 1. The van der Waals surface area contributed by atoms with Crippen LogP contribution in [0.2, 0.25) is 0 Å². The molecule has 146 valence electrons. The minimum Gasteiger partial charge on any atom is -0.507 e. The number of methoxy groups -OCH3 is 2. The lowest BCUT2D eigenvalue weighted by Crippen LogP contribution is -2.31. The number of ketones is 1. The monoisotopic (exact) mass is 381 g/mol. The summed E-state index contributed by atoms with van der Waals surface area (Å²) < 4.78 is 10.5. The summed E-state index contributed by atoms with van der Waals surface area (Å²) in [4.78, 5) is 27.1. The van der Waals surface area contributed by atoms with Gasteiger partial charge in [0.15, 0.2) is 0 Å². The van der Waals surface area contributed by atoms with E-state index >= 15 is 0 Å². The number of carbonyl (C=O) groups is 2. The van der Waals surface area contributed by atoms with Crippen molar-refractivity contribution in [3.05, 3.63) is 71.3 Å². The predicted octanol–water partition coefficient (Wildman–Crippen LogP) is 3.15. The molecule has 2 aromatic rings. The van der Waals surface area contributed by atoms with Gasteiger partial charge in [-0.2, -0.15) is 0 Å². The lowest BCUT2D eigenvalue weighted by atomic mass is 9.94. The van der Waals surface area contributed by atoms with Gasteiger partial charge in [-0.05, 0) is 12.5 Å². The first-order chi connectivity index (χ1) is 13.6. The Labute approximate surface area is 164 Å². The van der Waals surface area contributed by atoms with Gasteiger partial charge in [0.2, 0.25) is 0 Å². The van der Waals surface area contributed by atoms with Crippen LogP contribution in [-0.4, -0.2) is 49.1 Å². The smallest absolute Gasteiger partial charge is 0.295 e. The number of likely N-dealkylation sites (tertiary alicyclic amines) is 1. The van der Waals surface area contributed by atoms with Crippen LogP contribution >= 0.6 is 0 Å². The molecule has 1 atom stereocenters. The Morgan fingerprint density at radius 1 is 1.04 bits per heavy atom. The van der Waals surface area contributed by atoms with Crippen LogP contribution in [0.15, 0.2) is 60.2 Å². The van der Waals surface area contributed by atoms with E-state index in [0.29, 0.717) is 36.4 Å². The van der Waals surface area contributed by atoms with Crippen molar-refractivity contribution in [1.29, 1.82) is 0 Å². The van der Waals surface area contributed by atoms with Crippen molar-refractivity contribution in [2.45, 2.75) is 12.5 Å². The largest absolute Gasteiger partial charge is 0.507 e. The van der Waals surface area contributed by atoms with E-state index < -0.39 is 17.7 Å². The quantitative estimate of drug-likeness (QED) is 0.345. The van der Waals surface area contributed by atoms with E-state index in [4.69, 9.17) is 9.47 Å². The molecule has 1 heterocycles. The van der Waals surface area contributed by atoms with Crippen LogP contribution in [0.25, 0.3) is 5.76 Å². The number of amides is 1. The zero-order valence-corrected chi connectivity index (χ0v) is 15.9. The summed E-state index contributed by atoms with van der Waals surface area (Å²) in [6.07, 6.45) is 0.570. The maximum absolute atomic E-state index is 12.9. The minimum absolute atomic E-state index is 0.0677. The van der Waals surface area contributed by atoms with E-state index in [1.165, 1.54) is 12.0 Å². The van der Waals surface area contributed by atoms with E-state index in [1.807, 2.05) is 18.2 Å². The molecule has 0 bridgehead atoms. The topological polar surface area (TPSA) is 76.1 Å². The van der Waals surface area contributed by atoms with Crippen molar-refractivity contribution < 1.29 is 24.2 Å². The lowest BCUT2D eigenvalue weighted by Gasteiger charge is -2.26. The van der Waals surface area contributed by atoms with Gasteiger partial charge in [-0.3, -0.25) is 9.59 Å². The number of hydrogen-bond donors (Lipinski definition) is 1. The van der Waals surface area contributed by atoms with Crippen molar-refractivity contribution in [2.24, 2.45) is 0 Å². The summed E-state index contributed by atoms with van der Waals surface area (Å²) in [5.74, 6) is -0.978. The van der Waals surface area contributed by atoms with E-state index in [0.717, 1.165) is 0 Å². The highest BCUT2D eigenvalue weighted by Gasteiger charge is 2.46. The molecule has 1 fully saturated rings. The molecule has 1 amide bonds. The molecular weight excluding hydrogens is 358 g/mol. The lowest BCUT2D eigenvalue weighted by molar-refractivity contribution is -0.140. The molecule has 1 aliphatic heterocycles. The van der Waals surface area contributed by atoms with Crippen molar-refractivity contribution in [3.8, 4) is 5.75 Å². The molecule has 0 spiro atoms. The molecule has 0 radical (unpaired) electrons. The van der Waals surface area contributed by atoms with E-state index in [9.17, 15) is 14.7 Å². The maximum atomic E-state index is 12.9. The number of aliphatic hydroxyl groups excluding tert-OH is 1. The van der Waals surface area contributed by atoms with E-state index in [-0.39, 0.29) is 11.3 Å². The number of carbonyl (C=O) groups excluding carboxylic acids is 2. The van der Waals surface area contributed by atoms with Crippen LogP contribution < -0.4 is 4.74 Å². The molecule has 1 saturated heterocycles. The van der Waals surface area contributed by atoms with Gasteiger partial charge < -0.3 is 19.5 Å². The van der Waals surface area contributed by atoms with Crippen molar-refractivity contribution in [1.82, 2.24) is 4.90 Å². The molecule has 1 unspecified atom stereocenters. The van der Waals surface area contributed by atoms with E-state index in [2.05, 4.69) is 0 Å². The molecule has 6 nitrogen and oxygen atoms in total. The molecule has 2 aromatic carbocycles. The summed E-state index contributed by atoms with van der Waals surface area (Å²) >= 11 is 0. The maximum Gasteiger partial charge on any atom is 0.295 e. The van der Waals surface area contributed by atoms with Crippen LogP contribution in [0.4, 0.5) is 0 Å². The number of Topliss-reactive ketones (excluding diaryl/α,β-unsaturated/α-hetero) is 1. The Kier molecular flexibility index (Phi) is 6.11. The Hall–Kier alpha value is -3.12. The fraction of sp³-hybridized carbons (Fsp3) is 0.273. The van der Waals surface area contributed by atoms with Gasteiger partial charge in [0.05, 0.1) is 18.7 Å². The number of ether oxygens (including phenoxy) is 2. The highest BCUT2D eigenvalue weighted by molar-refractivity contribution is 6.46. The van der Waals surface area contributed by atoms with Crippen molar-refractivity contribution in [2.75, 3.05) is 27.4 Å². The number of rotatable bonds is 7. The van der Waals surface area contributed by atoms with Crippen LogP contribution in [0.1, 0.15) is 23.6 Å². The first kappa shape index (κ1) is 19.6. The highest BCUT2D eigenvalue weighted by atomic mass is 16.5. The van der Waals surface area contributed by atoms with Gasteiger partial charge in [-0.25, -0.2) is 0 Å². The Balaban J connectivity index is 2.16. The number of benzene rings is 2. The zero-order chi connectivity index (χ0) is 20.1. The molecule has 3 rings (SSSR count). The van der Waals surface area contributed by atoms with E-state index in [1.54, 1.807) is 43.5 Å². The minimum atomic E-state index is -0.729. The Morgan fingerprint density at radius 3 is 2.39 bits per heavy atom. The van der Waals surface area contributed by atoms with Crippen LogP contribution in [0, 0.1) is 0 Å². The number of aliphatic hydroxyl groups is 1. The second kappa shape index (κ2) is 8.71. The van der Waals surface area contributed by atoms with Gasteiger partial charge in [-0.15, -0.1) is 0 Å². The Morgan fingerprint density at radius 2 is 1.71 bits per heavy atom. The molecule has 0 aromatic heterocycles. The van der Waals surface area contributed by atoms with Gasteiger partial charge in [0.25, 0.3) is 11.7 Å². The number of nitrogens with zero attached hydrogens (tertiary/aromatic N) is 1. The second-order valence-electron chi connectivity index (χ2n) is 6.45. The third-order valence-corrected chi connectivity index (χ3v) is 4.77. The SMILES string of the molecule is COCCCN1C(=O)C(=O)/C(=C(\O)c2ccccc2)C1c1ccccc1OC. The van der Waals surface area contributed by atoms with Gasteiger partial charge in [-0.1, -0.05) is 48.5 Å². The first-order valence-corrected chi connectivity index (χ1v) is 9.05. The Bertz CT molecular complexity index is 891. The molecule has 1 aliphatic rings. The zero-order valence-electron chi connectivity index (χ0n) is 15.9.